The molecule has 8 heteroatoms. The zero-order valence-electron chi connectivity index (χ0n) is 17.7. The molecule has 1 aromatic heterocycles. The monoisotopic (exact) mass is 469 g/mol. The number of carbonyl (C=O) groups excluding carboxylic acids is 1. The maximum Gasteiger partial charge on any atom is 0.257 e. The van der Waals surface area contributed by atoms with Crippen molar-refractivity contribution in [1.82, 2.24) is 9.97 Å². The summed E-state index contributed by atoms with van der Waals surface area (Å²) in [6.45, 7) is 2.69. The molecule has 2 heterocycles. The van der Waals surface area contributed by atoms with E-state index >= 15 is 0 Å². The van der Waals surface area contributed by atoms with Crippen molar-refractivity contribution in [1.29, 1.82) is 0 Å². The van der Waals surface area contributed by atoms with Gasteiger partial charge in [-0.1, -0.05) is 67.0 Å². The van der Waals surface area contributed by atoms with Crippen molar-refractivity contribution < 1.29 is 9.53 Å². The lowest BCUT2D eigenvalue weighted by Crippen LogP contribution is -2.31. The molecule has 2 aromatic carbocycles. The molecule has 32 heavy (non-hydrogen) atoms. The number of para-hydroxylation sites is 1. The standard InChI is InChI=1S/C24H24ClN3O3S/c1-2-3-12-31-19-7-5-4-6-17(19)18-13-20(29)26-22-21(18)23(30)28-24(27-22)32-14-15-8-10-16(25)11-9-15/h4-11,18H,2-3,12-14H2,1H3,(H2,26,27,28,29,30)/t18-/m1/s1. The molecule has 166 valence electrons. The average molecular weight is 470 g/mol. The molecule has 4 rings (SSSR count). The minimum atomic E-state index is -0.414. The van der Waals surface area contributed by atoms with Crippen LogP contribution in [0.25, 0.3) is 0 Å². The van der Waals surface area contributed by atoms with Crippen molar-refractivity contribution in [2.45, 2.75) is 43.0 Å². The summed E-state index contributed by atoms with van der Waals surface area (Å²) in [5.41, 5.74) is 2.10. The first kappa shape index (κ1) is 22.4. The molecule has 0 spiro atoms. The number of rotatable bonds is 8. The Morgan fingerprint density at radius 2 is 1.94 bits per heavy atom. The summed E-state index contributed by atoms with van der Waals surface area (Å²) in [5, 5.41) is 3.91. The van der Waals surface area contributed by atoms with Gasteiger partial charge in [-0.25, -0.2) is 4.98 Å². The highest BCUT2D eigenvalue weighted by molar-refractivity contribution is 7.98. The number of hydrogen-bond donors (Lipinski definition) is 2. The van der Waals surface area contributed by atoms with E-state index in [0.717, 1.165) is 24.0 Å². The largest absolute Gasteiger partial charge is 0.493 e. The van der Waals surface area contributed by atoms with Crippen molar-refractivity contribution in [3.8, 4) is 5.75 Å². The van der Waals surface area contributed by atoms with Gasteiger partial charge >= 0.3 is 0 Å². The highest BCUT2D eigenvalue weighted by atomic mass is 35.5. The molecule has 2 N–H and O–H groups in total. The number of benzene rings is 2. The van der Waals surface area contributed by atoms with Crippen LogP contribution in [0.15, 0.2) is 58.5 Å². The molecule has 6 nitrogen and oxygen atoms in total. The van der Waals surface area contributed by atoms with Gasteiger partial charge in [0.05, 0.1) is 12.2 Å². The number of unbranched alkanes of at least 4 members (excludes halogenated alkanes) is 1. The van der Waals surface area contributed by atoms with Gasteiger partial charge in [-0.15, -0.1) is 0 Å². The maximum absolute atomic E-state index is 13.1. The number of nitrogens with zero attached hydrogens (tertiary/aromatic N) is 1. The number of halogens is 1. The van der Waals surface area contributed by atoms with E-state index in [1.807, 2.05) is 48.5 Å². The molecule has 0 bridgehead atoms. The Hall–Kier alpha value is -2.77. The van der Waals surface area contributed by atoms with Crippen LogP contribution in [0.4, 0.5) is 5.82 Å². The van der Waals surface area contributed by atoms with E-state index in [-0.39, 0.29) is 17.9 Å². The van der Waals surface area contributed by atoms with E-state index in [0.29, 0.717) is 39.7 Å². The predicted molar refractivity (Wildman–Crippen MR) is 128 cm³/mol. The van der Waals surface area contributed by atoms with E-state index in [2.05, 4.69) is 22.2 Å². The number of aromatic amines is 1. The van der Waals surface area contributed by atoms with Crippen LogP contribution in [0, 0.1) is 0 Å². The van der Waals surface area contributed by atoms with Crippen LogP contribution < -0.4 is 15.6 Å². The van der Waals surface area contributed by atoms with Crippen LogP contribution in [-0.2, 0) is 10.5 Å². The molecular formula is C24H24ClN3O3S. The van der Waals surface area contributed by atoms with Gasteiger partial charge in [0, 0.05) is 28.7 Å². The van der Waals surface area contributed by atoms with Crippen molar-refractivity contribution in [2.24, 2.45) is 0 Å². The summed E-state index contributed by atoms with van der Waals surface area (Å²) in [6, 6.07) is 15.1. The molecule has 1 amide bonds. The number of fused-ring (bicyclic) bond motifs is 1. The van der Waals surface area contributed by atoms with Crippen molar-refractivity contribution in [3.05, 3.63) is 80.6 Å². The summed E-state index contributed by atoms with van der Waals surface area (Å²) < 4.78 is 5.96. The Bertz CT molecular complexity index is 1160. The smallest absolute Gasteiger partial charge is 0.257 e. The summed E-state index contributed by atoms with van der Waals surface area (Å²) in [5.74, 6) is 1.05. The fraction of sp³-hybridized carbons (Fsp3) is 0.292. The number of nitrogens with one attached hydrogen (secondary N) is 2. The number of aromatic nitrogens is 2. The first-order chi connectivity index (χ1) is 15.5. The van der Waals surface area contributed by atoms with E-state index in [9.17, 15) is 9.59 Å². The number of H-pyrrole nitrogens is 1. The molecule has 0 fully saturated rings. The number of hydrogen-bond acceptors (Lipinski definition) is 5. The molecule has 0 aliphatic carbocycles. The zero-order chi connectivity index (χ0) is 22.5. The fourth-order valence-electron chi connectivity index (χ4n) is 3.64. The van der Waals surface area contributed by atoms with E-state index < -0.39 is 5.92 Å². The van der Waals surface area contributed by atoms with E-state index in [1.165, 1.54) is 11.8 Å². The van der Waals surface area contributed by atoms with Crippen LogP contribution in [0.3, 0.4) is 0 Å². The summed E-state index contributed by atoms with van der Waals surface area (Å²) in [6.07, 6.45) is 2.13. The highest BCUT2D eigenvalue weighted by Crippen LogP contribution is 2.38. The Labute approximate surface area is 195 Å². The normalized spacial score (nSPS) is 15.2. The molecule has 3 aromatic rings. The van der Waals surface area contributed by atoms with Gasteiger partial charge < -0.3 is 15.0 Å². The lowest BCUT2D eigenvalue weighted by molar-refractivity contribution is -0.116. The molecule has 0 radical (unpaired) electrons. The molecule has 0 saturated carbocycles. The van der Waals surface area contributed by atoms with Gasteiger partial charge in [0.15, 0.2) is 5.16 Å². The molecule has 1 aliphatic heterocycles. The molecule has 0 unspecified atom stereocenters. The van der Waals surface area contributed by atoms with Gasteiger partial charge in [-0.05, 0) is 30.2 Å². The summed E-state index contributed by atoms with van der Waals surface area (Å²) in [7, 11) is 0. The maximum atomic E-state index is 13.1. The Morgan fingerprint density at radius 1 is 1.16 bits per heavy atom. The van der Waals surface area contributed by atoms with Crippen LogP contribution in [0.1, 0.15) is 48.8 Å². The average Bonchev–Trinajstić information content (AvgIpc) is 2.78. The minimum absolute atomic E-state index is 0.169. The van der Waals surface area contributed by atoms with Gasteiger partial charge in [-0.3, -0.25) is 9.59 Å². The third-order valence-corrected chi connectivity index (χ3v) is 6.46. The quantitative estimate of drug-likeness (QED) is 0.263. The summed E-state index contributed by atoms with van der Waals surface area (Å²) >= 11 is 7.33. The third-order valence-electron chi connectivity index (χ3n) is 5.27. The highest BCUT2D eigenvalue weighted by Gasteiger charge is 2.32. The second-order valence-corrected chi connectivity index (χ2v) is 8.99. The SMILES string of the molecule is CCCCOc1ccccc1[C@H]1CC(=O)Nc2nc(SCc3ccc(Cl)cc3)[nH]c(=O)c21. The number of carbonyl (C=O) groups is 1. The first-order valence-corrected chi connectivity index (χ1v) is 11.9. The van der Waals surface area contributed by atoms with E-state index in [1.54, 1.807) is 0 Å². The van der Waals surface area contributed by atoms with Crippen molar-refractivity contribution >= 4 is 35.1 Å². The van der Waals surface area contributed by atoms with Crippen molar-refractivity contribution in [3.63, 3.8) is 0 Å². The number of amides is 1. The Balaban J connectivity index is 1.62. The van der Waals surface area contributed by atoms with Crippen LogP contribution in [0.5, 0.6) is 5.75 Å². The number of ether oxygens (including phenoxy) is 1. The predicted octanol–water partition coefficient (Wildman–Crippen LogP) is 5.37. The Kier molecular flexibility index (Phi) is 7.17. The number of thioether (sulfide) groups is 1. The summed E-state index contributed by atoms with van der Waals surface area (Å²) in [4.78, 5) is 33.0. The van der Waals surface area contributed by atoms with Gasteiger partial charge in [0.1, 0.15) is 11.6 Å². The zero-order valence-corrected chi connectivity index (χ0v) is 19.3. The minimum Gasteiger partial charge on any atom is -0.493 e. The Morgan fingerprint density at radius 3 is 2.72 bits per heavy atom. The molecule has 1 atom stereocenters. The molecule has 1 aliphatic rings. The van der Waals surface area contributed by atoms with Gasteiger partial charge in [-0.2, -0.15) is 0 Å². The second kappa shape index (κ2) is 10.2. The van der Waals surface area contributed by atoms with Gasteiger partial charge in [0.25, 0.3) is 5.56 Å². The van der Waals surface area contributed by atoms with Crippen molar-refractivity contribution in [2.75, 3.05) is 11.9 Å². The lowest BCUT2D eigenvalue weighted by atomic mass is 9.86. The van der Waals surface area contributed by atoms with E-state index in [4.69, 9.17) is 16.3 Å². The van der Waals surface area contributed by atoms with Crippen LogP contribution >= 0.6 is 23.4 Å². The topological polar surface area (TPSA) is 84.1 Å². The fourth-order valence-corrected chi connectivity index (χ4v) is 4.59. The first-order valence-electron chi connectivity index (χ1n) is 10.6. The lowest BCUT2D eigenvalue weighted by Gasteiger charge is -2.26. The molecule has 0 saturated heterocycles. The van der Waals surface area contributed by atoms with Gasteiger partial charge in [0.2, 0.25) is 5.91 Å². The number of anilines is 1. The second-order valence-electron chi connectivity index (χ2n) is 7.59. The third kappa shape index (κ3) is 5.16. The molecular weight excluding hydrogens is 446 g/mol. The van der Waals surface area contributed by atoms with Crippen LogP contribution in [-0.4, -0.2) is 22.5 Å². The van der Waals surface area contributed by atoms with Crippen LogP contribution in [0.2, 0.25) is 5.02 Å².